The Kier molecular flexibility index (Phi) is 7.27. The van der Waals surface area contributed by atoms with Gasteiger partial charge in [0.2, 0.25) is 11.2 Å². The molecule has 176 valence electrons. The van der Waals surface area contributed by atoms with E-state index in [9.17, 15) is 9.90 Å². The molecule has 4 rings (SSSR count). The molecule has 0 unspecified atom stereocenters. The van der Waals surface area contributed by atoms with Crippen molar-refractivity contribution in [2.45, 2.75) is 39.7 Å². The van der Waals surface area contributed by atoms with Crippen LogP contribution in [0.1, 0.15) is 30.9 Å². The van der Waals surface area contributed by atoms with Gasteiger partial charge in [-0.1, -0.05) is 18.5 Å². The number of likely N-dealkylation sites (tertiary alicyclic amines) is 1. The number of ether oxygens (including phenoxy) is 2. The van der Waals surface area contributed by atoms with Crippen LogP contribution in [0.2, 0.25) is 5.02 Å². The second-order valence-electron chi connectivity index (χ2n) is 9.16. The molecule has 0 radical (unpaired) electrons. The highest BCUT2D eigenvalue weighted by Gasteiger charge is 2.22. The number of piperidine rings is 1. The number of fused-ring (bicyclic) bond motifs is 1. The fourth-order valence-electron chi connectivity index (χ4n) is 4.30. The van der Waals surface area contributed by atoms with Gasteiger partial charge in [0.25, 0.3) is 0 Å². The maximum absolute atomic E-state index is 12.9. The number of aliphatic hydroxyl groups is 1. The number of quaternary nitrogens is 1. The first-order valence-corrected chi connectivity index (χ1v) is 11.8. The molecule has 1 saturated heterocycles. The number of aryl methyl sites for hydroxylation is 2. The lowest BCUT2D eigenvalue weighted by molar-refractivity contribution is -0.909. The Morgan fingerprint density at radius 1 is 1.15 bits per heavy atom. The molecule has 1 atom stereocenters. The summed E-state index contributed by atoms with van der Waals surface area (Å²) in [5.74, 6) is 1.95. The molecule has 1 aliphatic rings. The lowest BCUT2D eigenvalue weighted by Crippen LogP contribution is -3.14. The van der Waals surface area contributed by atoms with Crippen molar-refractivity contribution >= 4 is 22.6 Å². The largest absolute Gasteiger partial charge is 0.491 e. The van der Waals surface area contributed by atoms with Crippen LogP contribution in [0.3, 0.4) is 0 Å². The summed E-state index contributed by atoms with van der Waals surface area (Å²) in [6, 6.07) is 8.60. The van der Waals surface area contributed by atoms with Gasteiger partial charge in [0.05, 0.1) is 18.5 Å². The first-order valence-electron chi connectivity index (χ1n) is 11.4. The van der Waals surface area contributed by atoms with Gasteiger partial charge in [-0.25, -0.2) is 0 Å². The standard InChI is InChI=1S/C26H30ClNO5/c1-16-6-8-28(9-7-16)13-19(29)14-31-20-4-5-22-23(12-20)32-15-24(26(22)30)33-21-10-17(2)25(27)18(3)11-21/h4-5,10-12,15-16,19,29H,6-9,13-14H2,1-3H3/p+1/t19-/m0/s1. The van der Waals surface area contributed by atoms with Crippen LogP contribution in [0.4, 0.5) is 0 Å². The van der Waals surface area contributed by atoms with Crippen LogP contribution in [-0.4, -0.2) is 37.5 Å². The average Bonchev–Trinajstić information content (AvgIpc) is 2.79. The highest BCUT2D eigenvalue weighted by Crippen LogP contribution is 2.29. The van der Waals surface area contributed by atoms with Crippen molar-refractivity contribution < 1.29 is 23.9 Å². The Bertz CT molecular complexity index is 1160. The number of aliphatic hydroxyl groups excluding tert-OH is 1. The minimum Gasteiger partial charge on any atom is -0.491 e. The summed E-state index contributed by atoms with van der Waals surface area (Å²) in [5, 5.41) is 11.5. The van der Waals surface area contributed by atoms with E-state index < -0.39 is 6.10 Å². The van der Waals surface area contributed by atoms with Crippen molar-refractivity contribution in [1.29, 1.82) is 0 Å². The van der Waals surface area contributed by atoms with Crippen molar-refractivity contribution in [3.63, 3.8) is 0 Å². The molecule has 33 heavy (non-hydrogen) atoms. The van der Waals surface area contributed by atoms with Gasteiger partial charge in [-0.05, 0) is 68.0 Å². The summed E-state index contributed by atoms with van der Waals surface area (Å²) >= 11 is 6.21. The van der Waals surface area contributed by atoms with Crippen LogP contribution in [0.5, 0.6) is 17.2 Å². The Hall–Kier alpha value is -2.54. The number of nitrogens with one attached hydrogen (secondary N) is 1. The third-order valence-corrected chi connectivity index (χ3v) is 6.90. The second kappa shape index (κ2) is 10.2. The van der Waals surface area contributed by atoms with E-state index in [1.165, 1.54) is 24.0 Å². The third-order valence-electron chi connectivity index (χ3n) is 6.30. The Labute approximate surface area is 198 Å². The van der Waals surface area contributed by atoms with E-state index in [2.05, 4.69) is 6.92 Å². The summed E-state index contributed by atoms with van der Waals surface area (Å²) < 4.78 is 17.2. The molecule has 0 spiro atoms. The van der Waals surface area contributed by atoms with Gasteiger partial charge in [-0.15, -0.1) is 0 Å². The van der Waals surface area contributed by atoms with Crippen LogP contribution >= 0.6 is 11.6 Å². The Balaban J connectivity index is 1.42. The molecule has 2 aromatic carbocycles. The van der Waals surface area contributed by atoms with Crippen LogP contribution in [-0.2, 0) is 0 Å². The monoisotopic (exact) mass is 472 g/mol. The molecule has 0 bridgehead atoms. The van der Waals surface area contributed by atoms with Gasteiger partial charge in [0.1, 0.15) is 42.6 Å². The molecule has 6 nitrogen and oxygen atoms in total. The summed E-state index contributed by atoms with van der Waals surface area (Å²) in [4.78, 5) is 14.3. The zero-order chi connectivity index (χ0) is 23.5. The highest BCUT2D eigenvalue weighted by atomic mass is 35.5. The summed E-state index contributed by atoms with van der Waals surface area (Å²) in [7, 11) is 0. The fraction of sp³-hybridized carbons (Fsp3) is 0.423. The molecule has 2 N–H and O–H groups in total. The lowest BCUT2D eigenvalue weighted by atomic mass is 9.99. The zero-order valence-electron chi connectivity index (χ0n) is 19.3. The topological polar surface area (TPSA) is 73.3 Å². The quantitative estimate of drug-likeness (QED) is 0.545. The van der Waals surface area contributed by atoms with E-state index in [-0.39, 0.29) is 17.8 Å². The van der Waals surface area contributed by atoms with E-state index in [0.29, 0.717) is 34.0 Å². The smallest absolute Gasteiger partial charge is 0.235 e. The third kappa shape index (κ3) is 5.69. The van der Waals surface area contributed by atoms with Gasteiger partial charge in [-0.3, -0.25) is 4.79 Å². The van der Waals surface area contributed by atoms with Gasteiger partial charge in [-0.2, -0.15) is 0 Å². The van der Waals surface area contributed by atoms with Crippen molar-refractivity contribution in [1.82, 2.24) is 0 Å². The number of benzene rings is 2. The number of hydrogen-bond acceptors (Lipinski definition) is 5. The van der Waals surface area contributed by atoms with Crippen LogP contribution in [0.25, 0.3) is 11.0 Å². The molecule has 1 aliphatic heterocycles. The van der Waals surface area contributed by atoms with E-state index in [0.717, 1.165) is 30.1 Å². The summed E-state index contributed by atoms with van der Waals surface area (Å²) in [6.45, 7) is 9.13. The lowest BCUT2D eigenvalue weighted by Gasteiger charge is -2.28. The molecule has 0 amide bonds. The average molecular weight is 473 g/mol. The molecule has 0 aliphatic carbocycles. The van der Waals surface area contributed by atoms with E-state index in [1.54, 1.807) is 30.3 Å². The summed E-state index contributed by atoms with van der Waals surface area (Å²) in [5.41, 5.74) is 1.88. The normalized spacial score (nSPS) is 19.4. The number of hydrogen-bond donors (Lipinski definition) is 2. The number of rotatable bonds is 7. The van der Waals surface area contributed by atoms with E-state index in [1.807, 2.05) is 13.8 Å². The van der Waals surface area contributed by atoms with Gasteiger partial charge in [0.15, 0.2) is 0 Å². The van der Waals surface area contributed by atoms with E-state index >= 15 is 0 Å². The van der Waals surface area contributed by atoms with Gasteiger partial charge >= 0.3 is 0 Å². The van der Waals surface area contributed by atoms with Gasteiger partial charge in [0, 0.05) is 11.1 Å². The first kappa shape index (κ1) is 23.6. The predicted octanol–water partition coefficient (Wildman–Crippen LogP) is 3.91. The van der Waals surface area contributed by atoms with Crippen molar-refractivity contribution in [3.05, 3.63) is 63.0 Å². The maximum Gasteiger partial charge on any atom is 0.235 e. The predicted molar refractivity (Wildman–Crippen MR) is 129 cm³/mol. The molecule has 0 saturated carbocycles. The Morgan fingerprint density at radius 3 is 2.55 bits per heavy atom. The molecule has 1 fully saturated rings. The minimum atomic E-state index is -0.543. The maximum atomic E-state index is 12.9. The second-order valence-corrected chi connectivity index (χ2v) is 9.54. The zero-order valence-corrected chi connectivity index (χ0v) is 20.1. The van der Waals surface area contributed by atoms with Crippen LogP contribution in [0.15, 0.2) is 45.8 Å². The first-order chi connectivity index (χ1) is 15.8. The summed E-state index contributed by atoms with van der Waals surface area (Å²) in [6.07, 6.45) is 3.17. The highest BCUT2D eigenvalue weighted by molar-refractivity contribution is 6.32. The molecule has 1 aromatic heterocycles. The SMILES string of the molecule is Cc1cc(Oc2coc3cc(OC[C@@H](O)C[NH+]4CCC(C)CC4)ccc3c2=O)cc(C)c1Cl. The minimum absolute atomic E-state index is 0.103. The van der Waals surface area contributed by atoms with Crippen molar-refractivity contribution in [3.8, 4) is 17.2 Å². The van der Waals surface area contributed by atoms with Crippen LogP contribution in [0, 0.1) is 19.8 Å². The molecular weight excluding hydrogens is 442 g/mol. The Morgan fingerprint density at radius 2 is 1.85 bits per heavy atom. The molecule has 3 aromatic rings. The van der Waals surface area contributed by atoms with Crippen LogP contribution < -0.4 is 19.8 Å². The van der Waals surface area contributed by atoms with Gasteiger partial charge < -0.3 is 23.9 Å². The molecule has 2 heterocycles. The fourth-order valence-corrected chi connectivity index (χ4v) is 4.41. The van der Waals surface area contributed by atoms with Crippen molar-refractivity contribution in [2.24, 2.45) is 5.92 Å². The molecular formula is C26H31ClNO5+. The van der Waals surface area contributed by atoms with Crippen molar-refractivity contribution in [2.75, 3.05) is 26.2 Å². The van der Waals surface area contributed by atoms with E-state index in [4.69, 9.17) is 25.5 Å². The molecule has 7 heteroatoms. The number of halogens is 1.